The first-order valence-electron chi connectivity index (χ1n) is 3.93. The zero-order valence-corrected chi connectivity index (χ0v) is 8.98. The summed E-state index contributed by atoms with van der Waals surface area (Å²) >= 11 is 0. The van der Waals surface area contributed by atoms with E-state index in [0.717, 1.165) is 0 Å². The third kappa shape index (κ3) is 9.24. The van der Waals surface area contributed by atoms with Crippen LogP contribution in [0.2, 0.25) is 0 Å². The molecule has 0 radical (unpaired) electrons. The molecule has 0 bridgehead atoms. The fourth-order valence-electron chi connectivity index (χ4n) is 0.707. The van der Waals surface area contributed by atoms with Gasteiger partial charge in [-0.1, -0.05) is 0 Å². The monoisotopic (exact) mass is 226 g/mol. The number of hydroxylamine groups is 2. The van der Waals surface area contributed by atoms with Crippen molar-refractivity contribution in [2.24, 2.45) is 0 Å². The van der Waals surface area contributed by atoms with Gasteiger partial charge in [-0.3, -0.25) is 9.59 Å². The number of hydrogen-bond donors (Lipinski definition) is 2. The Kier molecular flexibility index (Phi) is 11.4. The lowest BCUT2D eigenvalue weighted by Gasteiger charge is -2.01. The fourth-order valence-corrected chi connectivity index (χ4v) is 0.707. The van der Waals surface area contributed by atoms with E-state index in [1.807, 2.05) is 0 Å². The standard InChI is InChI=1S/C7H14N2O4.ClH/c1-8-12-6(10)4-3-5-7(11)13-9-2;/h8-9H,3-5H2,1-2H3;1H. The zero-order chi connectivity index (χ0) is 10.1. The summed E-state index contributed by atoms with van der Waals surface area (Å²) in [5.74, 6) is -0.778. The Balaban J connectivity index is 0. The lowest BCUT2D eigenvalue weighted by molar-refractivity contribution is -0.151. The maximum Gasteiger partial charge on any atom is 0.324 e. The summed E-state index contributed by atoms with van der Waals surface area (Å²) in [6.45, 7) is 0. The lowest BCUT2D eigenvalue weighted by Crippen LogP contribution is -2.17. The largest absolute Gasteiger partial charge is 0.371 e. The highest BCUT2D eigenvalue weighted by atomic mass is 35.5. The molecule has 0 saturated carbocycles. The molecule has 0 spiro atoms. The molecule has 84 valence electrons. The molecule has 2 N–H and O–H groups in total. The maximum atomic E-state index is 10.7. The molecule has 0 aromatic heterocycles. The van der Waals surface area contributed by atoms with Crippen molar-refractivity contribution in [3.63, 3.8) is 0 Å². The molecule has 7 heteroatoms. The van der Waals surface area contributed by atoms with E-state index in [-0.39, 0.29) is 37.2 Å². The van der Waals surface area contributed by atoms with E-state index in [9.17, 15) is 9.59 Å². The molecule has 0 aliphatic carbocycles. The van der Waals surface area contributed by atoms with Crippen LogP contribution in [0.1, 0.15) is 19.3 Å². The van der Waals surface area contributed by atoms with E-state index in [1.165, 1.54) is 14.1 Å². The van der Waals surface area contributed by atoms with Crippen LogP contribution in [0.3, 0.4) is 0 Å². The van der Waals surface area contributed by atoms with E-state index in [1.54, 1.807) is 0 Å². The molecule has 14 heavy (non-hydrogen) atoms. The van der Waals surface area contributed by atoms with Gasteiger partial charge in [0.1, 0.15) is 0 Å². The van der Waals surface area contributed by atoms with Gasteiger partial charge in [0.15, 0.2) is 0 Å². The van der Waals surface area contributed by atoms with Crippen LogP contribution < -0.4 is 11.0 Å². The minimum atomic E-state index is -0.389. The highest BCUT2D eigenvalue weighted by Crippen LogP contribution is 1.97. The zero-order valence-electron chi connectivity index (χ0n) is 8.16. The van der Waals surface area contributed by atoms with Crippen molar-refractivity contribution < 1.29 is 19.3 Å². The molecule has 0 aliphatic rings. The Bertz CT molecular complexity index is 159. The first-order valence-corrected chi connectivity index (χ1v) is 3.93. The van der Waals surface area contributed by atoms with Gasteiger partial charge in [0.2, 0.25) is 0 Å². The van der Waals surface area contributed by atoms with Crippen molar-refractivity contribution in [3.8, 4) is 0 Å². The molecular weight excluding hydrogens is 212 g/mol. The third-order valence-electron chi connectivity index (χ3n) is 1.19. The number of hydrogen-bond acceptors (Lipinski definition) is 6. The predicted molar refractivity (Wildman–Crippen MR) is 51.4 cm³/mol. The van der Waals surface area contributed by atoms with E-state index in [0.29, 0.717) is 6.42 Å². The molecule has 0 aromatic carbocycles. The van der Waals surface area contributed by atoms with Crippen molar-refractivity contribution in [2.45, 2.75) is 19.3 Å². The van der Waals surface area contributed by atoms with Crippen LogP contribution in [-0.4, -0.2) is 26.0 Å². The van der Waals surface area contributed by atoms with Crippen molar-refractivity contribution in [3.05, 3.63) is 0 Å². The second kappa shape index (κ2) is 10.2. The second-order valence-electron chi connectivity index (χ2n) is 2.21. The van der Waals surface area contributed by atoms with E-state index < -0.39 is 0 Å². The van der Waals surface area contributed by atoms with Crippen molar-refractivity contribution in [2.75, 3.05) is 14.1 Å². The SMILES string of the molecule is CNOC(=O)CCCC(=O)ONC.Cl. The fraction of sp³-hybridized carbons (Fsp3) is 0.714. The van der Waals surface area contributed by atoms with E-state index >= 15 is 0 Å². The van der Waals surface area contributed by atoms with Gasteiger partial charge in [-0.05, 0) is 6.42 Å². The van der Waals surface area contributed by atoms with Crippen LogP contribution in [0.5, 0.6) is 0 Å². The molecular formula is C7H15ClN2O4. The highest BCUT2D eigenvalue weighted by molar-refractivity contribution is 5.85. The number of rotatable bonds is 6. The van der Waals surface area contributed by atoms with Crippen LogP contribution in [0.4, 0.5) is 0 Å². The molecule has 0 unspecified atom stereocenters. The maximum absolute atomic E-state index is 10.7. The van der Waals surface area contributed by atoms with E-state index in [4.69, 9.17) is 0 Å². The Hall–Kier alpha value is -0.850. The highest BCUT2D eigenvalue weighted by Gasteiger charge is 2.06. The lowest BCUT2D eigenvalue weighted by atomic mass is 10.2. The summed E-state index contributed by atoms with van der Waals surface area (Å²) in [6, 6.07) is 0. The quantitative estimate of drug-likeness (QED) is 0.618. The predicted octanol–water partition coefficient (Wildman–Crippen LogP) is -0.0663. The van der Waals surface area contributed by atoms with Gasteiger partial charge in [0, 0.05) is 26.9 Å². The average Bonchev–Trinajstić information content (AvgIpc) is 2.05. The summed E-state index contributed by atoms with van der Waals surface area (Å²) in [5, 5.41) is 0. The van der Waals surface area contributed by atoms with Crippen LogP contribution >= 0.6 is 12.4 Å². The average molecular weight is 227 g/mol. The van der Waals surface area contributed by atoms with Gasteiger partial charge in [0.25, 0.3) is 0 Å². The van der Waals surface area contributed by atoms with Crippen molar-refractivity contribution in [1.29, 1.82) is 0 Å². The second-order valence-corrected chi connectivity index (χ2v) is 2.21. The molecule has 0 rings (SSSR count). The van der Waals surface area contributed by atoms with Gasteiger partial charge in [-0.15, -0.1) is 12.4 Å². The Labute approximate surface area is 88.6 Å². The van der Waals surface area contributed by atoms with Crippen molar-refractivity contribution >= 4 is 24.3 Å². The molecule has 0 fully saturated rings. The van der Waals surface area contributed by atoms with Gasteiger partial charge in [-0.2, -0.15) is 11.0 Å². The van der Waals surface area contributed by atoms with Crippen LogP contribution in [0, 0.1) is 0 Å². The third-order valence-corrected chi connectivity index (χ3v) is 1.19. The minimum Gasteiger partial charge on any atom is -0.371 e. The Morgan fingerprint density at radius 2 is 1.36 bits per heavy atom. The number of halogens is 1. The molecule has 0 saturated heterocycles. The molecule has 0 amide bonds. The summed E-state index contributed by atoms with van der Waals surface area (Å²) in [4.78, 5) is 30.3. The molecule has 6 nitrogen and oxygen atoms in total. The molecule has 0 aromatic rings. The summed E-state index contributed by atoms with van der Waals surface area (Å²) in [6.07, 6.45) is 0.806. The van der Waals surface area contributed by atoms with E-state index in [2.05, 4.69) is 20.6 Å². The summed E-state index contributed by atoms with van der Waals surface area (Å²) in [7, 11) is 2.99. The topological polar surface area (TPSA) is 76.7 Å². The first kappa shape index (κ1) is 15.6. The van der Waals surface area contributed by atoms with Crippen molar-refractivity contribution in [1.82, 2.24) is 11.0 Å². The molecule has 0 aliphatic heterocycles. The number of carbonyl (C=O) groups excluding carboxylic acids is 2. The van der Waals surface area contributed by atoms with Gasteiger partial charge < -0.3 is 9.68 Å². The Morgan fingerprint density at radius 1 is 1.00 bits per heavy atom. The van der Waals surface area contributed by atoms with Crippen LogP contribution in [0.15, 0.2) is 0 Å². The van der Waals surface area contributed by atoms with Gasteiger partial charge in [0.05, 0.1) is 0 Å². The minimum absolute atomic E-state index is 0. The normalized spacial score (nSPS) is 8.71. The summed E-state index contributed by atoms with van der Waals surface area (Å²) < 4.78 is 0. The van der Waals surface area contributed by atoms with Gasteiger partial charge in [-0.25, -0.2) is 0 Å². The number of nitrogens with one attached hydrogen (secondary N) is 2. The van der Waals surface area contributed by atoms with Crippen LogP contribution in [0.25, 0.3) is 0 Å². The molecule has 0 heterocycles. The first-order chi connectivity index (χ1) is 6.20. The molecule has 0 atom stereocenters. The van der Waals surface area contributed by atoms with Crippen LogP contribution in [-0.2, 0) is 19.3 Å². The summed E-state index contributed by atoms with van der Waals surface area (Å²) in [5.41, 5.74) is 4.51. The smallest absolute Gasteiger partial charge is 0.324 e. The number of carbonyl (C=O) groups is 2. The Morgan fingerprint density at radius 3 is 1.64 bits per heavy atom. The van der Waals surface area contributed by atoms with Gasteiger partial charge >= 0.3 is 11.9 Å².